The van der Waals surface area contributed by atoms with Gasteiger partial charge >= 0.3 is 0 Å². The largest absolute Gasteiger partial charge is 0.491 e. The SMILES string of the molecule is COCCC(C)NCC(O)COc1ccccc1C. The zero-order chi connectivity index (χ0) is 14.1. The van der Waals surface area contributed by atoms with Crippen LogP contribution in [0.25, 0.3) is 0 Å². The van der Waals surface area contributed by atoms with E-state index < -0.39 is 6.10 Å². The number of aliphatic hydroxyl groups excluding tert-OH is 1. The Morgan fingerprint density at radius 1 is 1.32 bits per heavy atom. The molecule has 0 aliphatic rings. The van der Waals surface area contributed by atoms with Crippen LogP contribution in [-0.2, 0) is 4.74 Å². The molecule has 0 spiro atoms. The standard InChI is InChI=1S/C15H25NO3/c1-12-6-4-5-7-15(12)19-11-14(17)10-16-13(2)8-9-18-3/h4-7,13-14,16-17H,8-11H2,1-3H3. The molecule has 19 heavy (non-hydrogen) atoms. The Kier molecular flexibility index (Phi) is 7.48. The van der Waals surface area contributed by atoms with Crippen LogP contribution in [0, 0.1) is 6.92 Å². The molecule has 0 aromatic heterocycles. The molecule has 0 amide bonds. The molecule has 0 saturated carbocycles. The number of aliphatic hydroxyl groups is 1. The van der Waals surface area contributed by atoms with Crippen molar-refractivity contribution < 1.29 is 14.6 Å². The van der Waals surface area contributed by atoms with Gasteiger partial charge in [-0.25, -0.2) is 0 Å². The highest BCUT2D eigenvalue weighted by molar-refractivity contribution is 5.31. The van der Waals surface area contributed by atoms with Crippen molar-refractivity contribution in [3.05, 3.63) is 29.8 Å². The van der Waals surface area contributed by atoms with Crippen molar-refractivity contribution in [1.29, 1.82) is 0 Å². The minimum atomic E-state index is -0.510. The van der Waals surface area contributed by atoms with Gasteiger partial charge in [-0.1, -0.05) is 18.2 Å². The fraction of sp³-hybridized carbons (Fsp3) is 0.600. The van der Waals surface area contributed by atoms with E-state index in [9.17, 15) is 5.11 Å². The third-order valence-corrected chi connectivity index (χ3v) is 2.98. The first-order chi connectivity index (χ1) is 9.13. The quantitative estimate of drug-likeness (QED) is 0.715. The summed E-state index contributed by atoms with van der Waals surface area (Å²) in [5, 5.41) is 13.1. The average Bonchev–Trinajstić information content (AvgIpc) is 2.42. The van der Waals surface area contributed by atoms with Gasteiger partial charge in [-0.05, 0) is 31.9 Å². The Bertz CT molecular complexity index is 357. The van der Waals surface area contributed by atoms with E-state index in [1.165, 1.54) is 0 Å². The topological polar surface area (TPSA) is 50.7 Å². The fourth-order valence-corrected chi connectivity index (χ4v) is 1.70. The molecule has 2 unspecified atom stereocenters. The molecule has 0 fully saturated rings. The summed E-state index contributed by atoms with van der Waals surface area (Å²) in [4.78, 5) is 0. The van der Waals surface area contributed by atoms with Crippen LogP contribution < -0.4 is 10.1 Å². The smallest absolute Gasteiger partial charge is 0.122 e. The number of rotatable bonds is 9. The van der Waals surface area contributed by atoms with Gasteiger partial charge in [0, 0.05) is 26.3 Å². The summed E-state index contributed by atoms with van der Waals surface area (Å²) in [6.45, 7) is 5.62. The first kappa shape index (κ1) is 16.0. The van der Waals surface area contributed by atoms with Crippen LogP contribution in [0.3, 0.4) is 0 Å². The van der Waals surface area contributed by atoms with Crippen LogP contribution in [0.1, 0.15) is 18.9 Å². The zero-order valence-electron chi connectivity index (χ0n) is 12.1. The van der Waals surface area contributed by atoms with Crippen molar-refractivity contribution in [3.63, 3.8) is 0 Å². The molecule has 1 rings (SSSR count). The predicted molar refractivity (Wildman–Crippen MR) is 76.6 cm³/mol. The van der Waals surface area contributed by atoms with Crippen molar-refractivity contribution in [1.82, 2.24) is 5.32 Å². The number of methoxy groups -OCH3 is 1. The van der Waals surface area contributed by atoms with Crippen LogP contribution in [0.15, 0.2) is 24.3 Å². The Morgan fingerprint density at radius 3 is 2.74 bits per heavy atom. The van der Waals surface area contributed by atoms with E-state index in [1.54, 1.807) is 7.11 Å². The monoisotopic (exact) mass is 267 g/mol. The van der Waals surface area contributed by atoms with Gasteiger partial charge < -0.3 is 19.9 Å². The van der Waals surface area contributed by atoms with Crippen LogP contribution in [0.5, 0.6) is 5.75 Å². The number of aryl methyl sites for hydroxylation is 1. The number of benzene rings is 1. The highest BCUT2D eigenvalue weighted by Crippen LogP contribution is 2.16. The molecule has 0 aliphatic carbocycles. The van der Waals surface area contributed by atoms with Gasteiger partial charge in [0.15, 0.2) is 0 Å². The minimum absolute atomic E-state index is 0.300. The number of ether oxygens (including phenoxy) is 2. The molecule has 0 heterocycles. The highest BCUT2D eigenvalue weighted by atomic mass is 16.5. The van der Waals surface area contributed by atoms with Crippen LogP contribution in [0.2, 0.25) is 0 Å². The van der Waals surface area contributed by atoms with Crippen molar-refractivity contribution in [2.75, 3.05) is 26.9 Å². The van der Waals surface area contributed by atoms with Crippen molar-refractivity contribution in [2.45, 2.75) is 32.4 Å². The lowest BCUT2D eigenvalue weighted by atomic mass is 10.2. The highest BCUT2D eigenvalue weighted by Gasteiger charge is 2.08. The Morgan fingerprint density at radius 2 is 2.05 bits per heavy atom. The second-order valence-electron chi connectivity index (χ2n) is 4.82. The summed E-state index contributed by atoms with van der Waals surface area (Å²) in [6, 6.07) is 8.13. The van der Waals surface area contributed by atoms with E-state index in [2.05, 4.69) is 12.2 Å². The van der Waals surface area contributed by atoms with Crippen LogP contribution in [0.4, 0.5) is 0 Å². The van der Waals surface area contributed by atoms with E-state index in [1.807, 2.05) is 31.2 Å². The Balaban J connectivity index is 2.21. The lowest BCUT2D eigenvalue weighted by molar-refractivity contribution is 0.101. The van der Waals surface area contributed by atoms with E-state index in [-0.39, 0.29) is 0 Å². The number of nitrogens with one attached hydrogen (secondary N) is 1. The molecule has 2 atom stereocenters. The molecule has 0 bridgehead atoms. The van der Waals surface area contributed by atoms with Gasteiger partial charge in [0.1, 0.15) is 18.5 Å². The molecular formula is C15H25NO3. The summed E-state index contributed by atoms with van der Waals surface area (Å²) in [6.07, 6.45) is 0.423. The average molecular weight is 267 g/mol. The summed E-state index contributed by atoms with van der Waals surface area (Å²) in [5.74, 6) is 0.828. The molecule has 0 saturated heterocycles. The summed E-state index contributed by atoms with van der Waals surface area (Å²) < 4.78 is 10.6. The van der Waals surface area contributed by atoms with Crippen LogP contribution in [-0.4, -0.2) is 44.1 Å². The normalized spacial score (nSPS) is 14.1. The second kappa shape index (κ2) is 8.91. The third-order valence-electron chi connectivity index (χ3n) is 2.98. The molecule has 4 nitrogen and oxygen atoms in total. The molecule has 0 radical (unpaired) electrons. The number of hydrogen-bond acceptors (Lipinski definition) is 4. The molecule has 108 valence electrons. The minimum Gasteiger partial charge on any atom is -0.491 e. The molecule has 4 heteroatoms. The third kappa shape index (κ3) is 6.57. The molecule has 0 aliphatic heterocycles. The van der Waals surface area contributed by atoms with Gasteiger partial charge in [0.25, 0.3) is 0 Å². The first-order valence-corrected chi connectivity index (χ1v) is 6.72. The van der Waals surface area contributed by atoms with Gasteiger partial charge in [-0.15, -0.1) is 0 Å². The molecule has 1 aromatic rings. The van der Waals surface area contributed by atoms with E-state index in [0.29, 0.717) is 19.2 Å². The molecule has 1 aromatic carbocycles. The summed E-state index contributed by atoms with van der Waals surface area (Å²) in [7, 11) is 1.69. The van der Waals surface area contributed by atoms with E-state index in [0.717, 1.165) is 24.3 Å². The lowest BCUT2D eigenvalue weighted by Gasteiger charge is -2.17. The van der Waals surface area contributed by atoms with Gasteiger partial charge in [0.05, 0.1) is 0 Å². The van der Waals surface area contributed by atoms with Crippen molar-refractivity contribution in [2.24, 2.45) is 0 Å². The maximum Gasteiger partial charge on any atom is 0.122 e. The first-order valence-electron chi connectivity index (χ1n) is 6.72. The number of hydrogen-bond donors (Lipinski definition) is 2. The van der Waals surface area contributed by atoms with Crippen LogP contribution >= 0.6 is 0 Å². The maximum atomic E-state index is 9.86. The summed E-state index contributed by atoms with van der Waals surface area (Å²) in [5.41, 5.74) is 1.08. The molecule has 2 N–H and O–H groups in total. The number of para-hydroxylation sites is 1. The Labute approximate surface area is 115 Å². The maximum absolute atomic E-state index is 9.86. The van der Waals surface area contributed by atoms with Gasteiger partial charge in [-0.2, -0.15) is 0 Å². The van der Waals surface area contributed by atoms with Crippen molar-refractivity contribution >= 4 is 0 Å². The fourth-order valence-electron chi connectivity index (χ4n) is 1.70. The lowest BCUT2D eigenvalue weighted by Crippen LogP contribution is -2.37. The second-order valence-corrected chi connectivity index (χ2v) is 4.82. The molecular weight excluding hydrogens is 242 g/mol. The van der Waals surface area contributed by atoms with E-state index in [4.69, 9.17) is 9.47 Å². The van der Waals surface area contributed by atoms with E-state index >= 15 is 0 Å². The Hall–Kier alpha value is -1.10. The van der Waals surface area contributed by atoms with Crippen molar-refractivity contribution in [3.8, 4) is 5.75 Å². The van der Waals surface area contributed by atoms with Gasteiger partial charge in [0.2, 0.25) is 0 Å². The van der Waals surface area contributed by atoms with Gasteiger partial charge in [-0.3, -0.25) is 0 Å². The predicted octanol–water partition coefficient (Wildman–Crippen LogP) is 1.75. The summed E-state index contributed by atoms with van der Waals surface area (Å²) >= 11 is 0. The zero-order valence-corrected chi connectivity index (χ0v) is 12.1.